The quantitative estimate of drug-likeness (QED) is 0.434. The lowest BCUT2D eigenvalue weighted by Gasteiger charge is -2.04. The molecule has 0 aliphatic rings. The minimum atomic E-state index is -0.0374. The third kappa shape index (κ3) is 4.37. The van der Waals surface area contributed by atoms with Crippen molar-refractivity contribution < 1.29 is 9.90 Å². The van der Waals surface area contributed by atoms with Crippen molar-refractivity contribution in [2.24, 2.45) is 10.2 Å². The number of benzene rings is 3. The van der Waals surface area contributed by atoms with Crippen LogP contribution in [0.4, 0.5) is 11.4 Å². The SMILES string of the molecule is Cc1cc(/N=N/c2cccc(C(=O)Sc3ccccc3)c2)cc(C)c1O. The molecule has 0 atom stereocenters. The lowest BCUT2D eigenvalue weighted by Crippen LogP contribution is -1.92. The number of carbonyl (C=O) groups is 1. The summed E-state index contributed by atoms with van der Waals surface area (Å²) in [7, 11) is 0. The van der Waals surface area contributed by atoms with Crippen molar-refractivity contribution in [3.63, 3.8) is 0 Å². The van der Waals surface area contributed by atoms with E-state index in [2.05, 4.69) is 10.2 Å². The number of azo groups is 1. The molecule has 0 saturated heterocycles. The Balaban J connectivity index is 1.78. The first kappa shape index (κ1) is 17.9. The largest absolute Gasteiger partial charge is 0.507 e. The number of nitrogens with zero attached hydrogens (tertiary/aromatic N) is 2. The van der Waals surface area contributed by atoms with E-state index in [-0.39, 0.29) is 10.9 Å². The lowest BCUT2D eigenvalue weighted by molar-refractivity contribution is 0.108. The summed E-state index contributed by atoms with van der Waals surface area (Å²) in [5, 5.41) is 18.2. The highest BCUT2D eigenvalue weighted by Crippen LogP contribution is 2.29. The number of carbonyl (C=O) groups excluding carboxylic acids is 1. The van der Waals surface area contributed by atoms with Gasteiger partial charge in [-0.15, -0.1) is 0 Å². The molecule has 0 aromatic heterocycles. The van der Waals surface area contributed by atoms with Crippen LogP contribution in [0.15, 0.2) is 81.9 Å². The number of phenols is 1. The summed E-state index contributed by atoms with van der Waals surface area (Å²) >= 11 is 1.19. The molecular formula is C21H18N2O2S. The number of hydrogen-bond acceptors (Lipinski definition) is 5. The smallest absolute Gasteiger partial charge is 0.224 e. The van der Waals surface area contributed by atoms with Gasteiger partial charge in [-0.25, -0.2) is 0 Å². The third-order valence-corrected chi connectivity index (χ3v) is 4.72. The molecule has 1 N–H and O–H groups in total. The fourth-order valence-electron chi connectivity index (χ4n) is 2.46. The standard InChI is InChI=1S/C21H18N2O2S/c1-14-11-18(12-15(2)20(14)24)23-22-17-8-6-7-16(13-17)21(25)26-19-9-4-3-5-10-19/h3-13,24H,1-2H3/b23-22+. The van der Waals surface area contributed by atoms with Gasteiger partial charge in [-0.3, -0.25) is 4.79 Å². The molecule has 26 heavy (non-hydrogen) atoms. The van der Waals surface area contributed by atoms with E-state index in [1.54, 1.807) is 36.4 Å². The van der Waals surface area contributed by atoms with Crippen molar-refractivity contribution in [2.75, 3.05) is 0 Å². The molecule has 0 unspecified atom stereocenters. The normalized spacial score (nSPS) is 11.0. The molecule has 130 valence electrons. The minimum Gasteiger partial charge on any atom is -0.507 e. The monoisotopic (exact) mass is 362 g/mol. The molecule has 0 aliphatic heterocycles. The molecule has 0 amide bonds. The van der Waals surface area contributed by atoms with E-state index in [0.29, 0.717) is 16.9 Å². The van der Waals surface area contributed by atoms with Crippen molar-refractivity contribution in [2.45, 2.75) is 18.7 Å². The van der Waals surface area contributed by atoms with Crippen molar-refractivity contribution in [1.82, 2.24) is 0 Å². The summed E-state index contributed by atoms with van der Waals surface area (Å²) in [6.45, 7) is 3.64. The Hall–Kier alpha value is -2.92. The van der Waals surface area contributed by atoms with Crippen LogP contribution < -0.4 is 0 Å². The molecule has 0 spiro atoms. The predicted octanol–water partition coefficient (Wildman–Crippen LogP) is 6.36. The van der Waals surface area contributed by atoms with Gasteiger partial charge in [0.1, 0.15) is 5.75 Å². The second-order valence-electron chi connectivity index (χ2n) is 5.88. The van der Waals surface area contributed by atoms with Gasteiger partial charge in [-0.1, -0.05) is 30.3 Å². The van der Waals surface area contributed by atoms with Crippen LogP contribution in [0.25, 0.3) is 0 Å². The zero-order chi connectivity index (χ0) is 18.5. The maximum absolute atomic E-state index is 12.4. The number of phenolic OH excluding ortho intramolecular Hbond substituents is 1. The van der Waals surface area contributed by atoms with Gasteiger partial charge in [0.15, 0.2) is 0 Å². The lowest BCUT2D eigenvalue weighted by atomic mass is 10.1. The Bertz CT molecular complexity index is 946. The summed E-state index contributed by atoms with van der Waals surface area (Å²) in [5.41, 5.74) is 3.35. The van der Waals surface area contributed by atoms with Crippen LogP contribution in [0.5, 0.6) is 5.75 Å². The van der Waals surface area contributed by atoms with Crippen LogP contribution in [-0.2, 0) is 0 Å². The second kappa shape index (κ2) is 7.97. The number of aromatic hydroxyl groups is 1. The van der Waals surface area contributed by atoms with Gasteiger partial charge in [0, 0.05) is 10.5 Å². The molecule has 3 aromatic rings. The third-order valence-electron chi connectivity index (χ3n) is 3.79. The molecule has 0 radical (unpaired) electrons. The Kier molecular flexibility index (Phi) is 5.49. The van der Waals surface area contributed by atoms with Crippen molar-refractivity contribution in [3.05, 3.63) is 83.4 Å². The minimum absolute atomic E-state index is 0.0374. The first-order valence-electron chi connectivity index (χ1n) is 8.12. The number of hydrogen-bond donors (Lipinski definition) is 1. The van der Waals surface area contributed by atoms with Crippen LogP contribution in [0.3, 0.4) is 0 Å². The van der Waals surface area contributed by atoms with E-state index < -0.39 is 0 Å². The Morgan fingerprint density at radius 3 is 2.19 bits per heavy atom. The van der Waals surface area contributed by atoms with Gasteiger partial charge in [-0.05, 0) is 73.1 Å². The number of thioether (sulfide) groups is 1. The molecule has 3 rings (SSSR count). The van der Waals surface area contributed by atoms with Gasteiger partial charge in [0.05, 0.1) is 11.4 Å². The Labute approximate surface area is 156 Å². The van der Waals surface area contributed by atoms with Crippen molar-refractivity contribution in [1.29, 1.82) is 0 Å². The maximum atomic E-state index is 12.4. The van der Waals surface area contributed by atoms with Gasteiger partial charge in [-0.2, -0.15) is 10.2 Å². The zero-order valence-electron chi connectivity index (χ0n) is 14.5. The Morgan fingerprint density at radius 2 is 1.50 bits per heavy atom. The fourth-order valence-corrected chi connectivity index (χ4v) is 3.21. The average molecular weight is 362 g/mol. The van der Waals surface area contributed by atoms with Gasteiger partial charge >= 0.3 is 0 Å². The first-order valence-corrected chi connectivity index (χ1v) is 8.94. The van der Waals surface area contributed by atoms with Crippen LogP contribution in [0.1, 0.15) is 21.5 Å². The topological polar surface area (TPSA) is 62.0 Å². The molecule has 4 nitrogen and oxygen atoms in total. The van der Waals surface area contributed by atoms with E-state index in [9.17, 15) is 9.90 Å². The van der Waals surface area contributed by atoms with Crippen molar-refractivity contribution in [3.8, 4) is 5.75 Å². The molecule has 0 saturated carbocycles. The maximum Gasteiger partial charge on any atom is 0.224 e. The number of aryl methyl sites for hydroxylation is 2. The molecule has 0 aliphatic carbocycles. The predicted molar refractivity (Wildman–Crippen MR) is 105 cm³/mol. The van der Waals surface area contributed by atoms with Crippen LogP contribution in [-0.4, -0.2) is 10.2 Å². The number of rotatable bonds is 4. The van der Waals surface area contributed by atoms with E-state index in [0.717, 1.165) is 16.0 Å². The Morgan fingerprint density at radius 1 is 0.846 bits per heavy atom. The van der Waals surface area contributed by atoms with Gasteiger partial charge < -0.3 is 5.11 Å². The summed E-state index contributed by atoms with van der Waals surface area (Å²) in [4.78, 5) is 13.3. The van der Waals surface area contributed by atoms with Crippen LogP contribution in [0, 0.1) is 13.8 Å². The zero-order valence-corrected chi connectivity index (χ0v) is 15.3. The van der Waals surface area contributed by atoms with E-state index in [1.807, 2.05) is 44.2 Å². The van der Waals surface area contributed by atoms with Crippen molar-refractivity contribution >= 4 is 28.3 Å². The highest BCUT2D eigenvalue weighted by molar-refractivity contribution is 8.14. The van der Waals surface area contributed by atoms with E-state index >= 15 is 0 Å². The second-order valence-corrected chi connectivity index (χ2v) is 6.93. The van der Waals surface area contributed by atoms with Gasteiger partial charge in [0.25, 0.3) is 0 Å². The van der Waals surface area contributed by atoms with E-state index in [1.165, 1.54) is 11.8 Å². The highest BCUT2D eigenvalue weighted by atomic mass is 32.2. The molecular weight excluding hydrogens is 344 g/mol. The summed E-state index contributed by atoms with van der Waals surface area (Å²) < 4.78 is 0. The van der Waals surface area contributed by atoms with Crippen LogP contribution >= 0.6 is 11.8 Å². The summed E-state index contributed by atoms with van der Waals surface area (Å²) in [5.74, 6) is 0.273. The molecule has 0 heterocycles. The summed E-state index contributed by atoms with van der Waals surface area (Å²) in [6, 6.07) is 20.2. The average Bonchev–Trinajstić information content (AvgIpc) is 2.65. The fraction of sp³-hybridized carbons (Fsp3) is 0.0952. The molecule has 5 heteroatoms. The van der Waals surface area contributed by atoms with E-state index in [4.69, 9.17) is 0 Å². The molecule has 0 bridgehead atoms. The highest BCUT2D eigenvalue weighted by Gasteiger charge is 2.09. The first-order chi connectivity index (χ1) is 12.5. The van der Waals surface area contributed by atoms with Crippen LogP contribution in [0.2, 0.25) is 0 Å². The molecule has 3 aromatic carbocycles. The summed E-state index contributed by atoms with van der Waals surface area (Å²) in [6.07, 6.45) is 0. The van der Waals surface area contributed by atoms with Gasteiger partial charge in [0.2, 0.25) is 5.12 Å². The molecule has 0 fully saturated rings.